The molecule has 1 aromatic rings. The molecule has 0 bridgehead atoms. The zero-order valence-corrected chi connectivity index (χ0v) is 12.4. The molecule has 0 aliphatic heterocycles. The van der Waals surface area contributed by atoms with E-state index in [-0.39, 0.29) is 11.8 Å². The maximum absolute atomic E-state index is 12.1. The number of anilines is 2. The molecule has 126 valence electrons. The van der Waals surface area contributed by atoms with Gasteiger partial charge in [-0.25, -0.2) is 0 Å². The first-order chi connectivity index (χ1) is 10.7. The number of nitrogens with one attached hydrogen (secondary N) is 2. The number of carbonyl (C=O) groups excluding carboxylic acids is 2. The van der Waals surface area contributed by atoms with Crippen LogP contribution in [-0.4, -0.2) is 30.7 Å². The van der Waals surface area contributed by atoms with Crippen molar-refractivity contribution in [2.45, 2.75) is 32.0 Å². The summed E-state index contributed by atoms with van der Waals surface area (Å²) in [6, 6.07) is 6.40. The molecule has 5 nitrogen and oxygen atoms in total. The Kier molecular flexibility index (Phi) is 5.25. The summed E-state index contributed by atoms with van der Waals surface area (Å²) in [6.07, 6.45) is -3.99. The number of ether oxygens (including phenoxy) is 1. The van der Waals surface area contributed by atoms with Gasteiger partial charge in [0.25, 0.3) is 5.91 Å². The van der Waals surface area contributed by atoms with E-state index in [0.717, 1.165) is 12.8 Å². The molecule has 1 saturated carbocycles. The van der Waals surface area contributed by atoms with Crippen molar-refractivity contribution in [3.63, 3.8) is 0 Å². The highest BCUT2D eigenvalue weighted by Gasteiger charge is 2.30. The van der Waals surface area contributed by atoms with E-state index in [9.17, 15) is 22.8 Å². The van der Waals surface area contributed by atoms with Gasteiger partial charge in [-0.2, -0.15) is 13.2 Å². The molecule has 0 saturated heterocycles. The summed E-state index contributed by atoms with van der Waals surface area (Å²) >= 11 is 0. The van der Waals surface area contributed by atoms with Crippen molar-refractivity contribution in [1.82, 2.24) is 0 Å². The fraction of sp³-hybridized carbons (Fsp3) is 0.467. The van der Waals surface area contributed by atoms with E-state index in [4.69, 9.17) is 0 Å². The second-order valence-electron chi connectivity index (χ2n) is 5.40. The summed E-state index contributed by atoms with van der Waals surface area (Å²) in [7, 11) is 0. The van der Waals surface area contributed by atoms with Gasteiger partial charge < -0.3 is 15.4 Å². The fourth-order valence-electron chi connectivity index (χ4n) is 1.80. The average Bonchev–Trinajstić information content (AvgIpc) is 3.28. The monoisotopic (exact) mass is 330 g/mol. The summed E-state index contributed by atoms with van der Waals surface area (Å²) in [4.78, 5) is 23.5. The SMILES string of the molecule is CC(OCC(F)(F)F)C(=O)Nc1cccc(NC(=O)C2CC2)c1. The number of rotatable bonds is 6. The molecule has 1 fully saturated rings. The quantitative estimate of drug-likeness (QED) is 0.843. The number of alkyl halides is 3. The lowest BCUT2D eigenvalue weighted by Crippen LogP contribution is -2.31. The Balaban J connectivity index is 1.88. The van der Waals surface area contributed by atoms with Gasteiger partial charge in [-0.1, -0.05) is 6.07 Å². The van der Waals surface area contributed by atoms with Crippen LogP contribution in [0.5, 0.6) is 0 Å². The molecule has 0 radical (unpaired) electrons. The molecule has 23 heavy (non-hydrogen) atoms. The minimum atomic E-state index is -4.48. The molecule has 1 atom stereocenters. The lowest BCUT2D eigenvalue weighted by molar-refractivity contribution is -0.184. The van der Waals surface area contributed by atoms with Crippen molar-refractivity contribution < 1.29 is 27.5 Å². The predicted molar refractivity (Wildman–Crippen MR) is 77.9 cm³/mol. The van der Waals surface area contributed by atoms with Gasteiger partial charge >= 0.3 is 6.18 Å². The number of halogens is 3. The first-order valence-corrected chi connectivity index (χ1v) is 7.15. The van der Waals surface area contributed by atoms with Crippen LogP contribution in [-0.2, 0) is 14.3 Å². The maximum atomic E-state index is 12.1. The Bertz CT molecular complexity index is 586. The van der Waals surface area contributed by atoms with E-state index in [2.05, 4.69) is 15.4 Å². The molecule has 2 amide bonds. The van der Waals surface area contributed by atoms with Crippen molar-refractivity contribution in [3.8, 4) is 0 Å². The van der Waals surface area contributed by atoms with E-state index in [1.807, 2.05) is 0 Å². The van der Waals surface area contributed by atoms with E-state index >= 15 is 0 Å². The Morgan fingerprint density at radius 3 is 2.43 bits per heavy atom. The van der Waals surface area contributed by atoms with E-state index < -0.39 is 24.8 Å². The lowest BCUT2D eigenvalue weighted by atomic mass is 10.2. The van der Waals surface area contributed by atoms with Crippen LogP contribution in [0.4, 0.5) is 24.5 Å². The third kappa shape index (κ3) is 5.90. The van der Waals surface area contributed by atoms with Crippen molar-refractivity contribution in [2.24, 2.45) is 5.92 Å². The van der Waals surface area contributed by atoms with Crippen LogP contribution in [0.3, 0.4) is 0 Å². The van der Waals surface area contributed by atoms with Gasteiger partial charge in [0.15, 0.2) is 0 Å². The normalized spacial score (nSPS) is 15.8. The largest absolute Gasteiger partial charge is 0.411 e. The summed E-state index contributed by atoms with van der Waals surface area (Å²) < 4.78 is 40.6. The third-order valence-electron chi connectivity index (χ3n) is 3.21. The van der Waals surface area contributed by atoms with Crippen LogP contribution >= 0.6 is 0 Å². The summed E-state index contributed by atoms with van der Waals surface area (Å²) in [6.45, 7) is -0.251. The molecule has 0 heterocycles. The van der Waals surface area contributed by atoms with Gasteiger partial charge in [0.2, 0.25) is 5.91 Å². The molecule has 1 aliphatic carbocycles. The van der Waals surface area contributed by atoms with Crippen LogP contribution in [0.15, 0.2) is 24.3 Å². The van der Waals surface area contributed by atoms with E-state index in [1.165, 1.54) is 13.0 Å². The Morgan fingerprint density at radius 1 is 1.26 bits per heavy atom. The molecule has 2 N–H and O–H groups in total. The van der Waals surface area contributed by atoms with Crippen LogP contribution in [0, 0.1) is 5.92 Å². The predicted octanol–water partition coefficient (Wildman–Crippen LogP) is 2.94. The number of hydrogen-bond donors (Lipinski definition) is 2. The third-order valence-corrected chi connectivity index (χ3v) is 3.21. The molecular formula is C15H17F3N2O3. The molecule has 2 rings (SSSR count). The Hall–Kier alpha value is -2.09. The van der Waals surface area contributed by atoms with Crippen LogP contribution in [0.2, 0.25) is 0 Å². The van der Waals surface area contributed by atoms with Crippen molar-refractivity contribution in [1.29, 1.82) is 0 Å². The number of benzene rings is 1. The van der Waals surface area contributed by atoms with Gasteiger partial charge in [-0.05, 0) is 38.0 Å². The first-order valence-electron chi connectivity index (χ1n) is 7.15. The minimum Gasteiger partial charge on any atom is -0.359 e. The van der Waals surface area contributed by atoms with Crippen molar-refractivity contribution >= 4 is 23.2 Å². The number of carbonyl (C=O) groups is 2. The molecule has 8 heteroatoms. The molecule has 0 spiro atoms. The second kappa shape index (κ2) is 6.99. The maximum Gasteiger partial charge on any atom is 0.411 e. The van der Waals surface area contributed by atoms with E-state index in [0.29, 0.717) is 11.4 Å². The lowest BCUT2D eigenvalue weighted by Gasteiger charge is -2.15. The standard InChI is InChI=1S/C15H17F3N2O3/c1-9(23-8-15(16,17)18)13(21)19-11-3-2-4-12(7-11)20-14(22)10-5-6-10/h2-4,7,9-10H,5-6,8H2,1H3,(H,19,21)(H,20,22). The zero-order valence-electron chi connectivity index (χ0n) is 12.4. The van der Waals surface area contributed by atoms with Gasteiger partial charge in [0.1, 0.15) is 12.7 Å². The molecular weight excluding hydrogens is 313 g/mol. The number of hydrogen-bond acceptors (Lipinski definition) is 3. The molecule has 0 aromatic heterocycles. The van der Waals surface area contributed by atoms with E-state index in [1.54, 1.807) is 18.2 Å². The van der Waals surface area contributed by atoms with Crippen LogP contribution in [0.1, 0.15) is 19.8 Å². The fourth-order valence-corrected chi connectivity index (χ4v) is 1.80. The van der Waals surface area contributed by atoms with Gasteiger partial charge in [0.05, 0.1) is 0 Å². The summed E-state index contributed by atoms with van der Waals surface area (Å²) in [5.74, 6) is -0.723. The summed E-state index contributed by atoms with van der Waals surface area (Å²) in [5.41, 5.74) is 0.884. The highest BCUT2D eigenvalue weighted by molar-refractivity contribution is 5.96. The molecule has 1 aliphatic rings. The molecule has 1 unspecified atom stereocenters. The van der Waals surface area contributed by atoms with Gasteiger partial charge in [0, 0.05) is 17.3 Å². The highest BCUT2D eigenvalue weighted by atomic mass is 19.4. The first kappa shape index (κ1) is 17.3. The van der Waals surface area contributed by atoms with Crippen LogP contribution in [0.25, 0.3) is 0 Å². The molecule has 1 aromatic carbocycles. The zero-order chi connectivity index (χ0) is 17.0. The number of amides is 2. The van der Waals surface area contributed by atoms with Gasteiger partial charge in [-0.3, -0.25) is 9.59 Å². The van der Waals surface area contributed by atoms with Crippen molar-refractivity contribution in [3.05, 3.63) is 24.3 Å². The Labute approximate surface area is 131 Å². The highest BCUT2D eigenvalue weighted by Crippen LogP contribution is 2.30. The van der Waals surface area contributed by atoms with Crippen LogP contribution < -0.4 is 10.6 Å². The second-order valence-corrected chi connectivity index (χ2v) is 5.40. The van der Waals surface area contributed by atoms with Gasteiger partial charge in [-0.15, -0.1) is 0 Å². The average molecular weight is 330 g/mol. The minimum absolute atomic E-state index is 0.0454. The summed E-state index contributed by atoms with van der Waals surface area (Å²) in [5, 5.41) is 5.18. The topological polar surface area (TPSA) is 67.4 Å². The Morgan fingerprint density at radius 2 is 1.87 bits per heavy atom. The smallest absolute Gasteiger partial charge is 0.359 e. The van der Waals surface area contributed by atoms with Crippen molar-refractivity contribution in [2.75, 3.05) is 17.2 Å².